The number of anilines is 1. The summed E-state index contributed by atoms with van der Waals surface area (Å²) in [5.41, 5.74) is 1.46. The van der Waals surface area contributed by atoms with Crippen LogP contribution in [0.2, 0.25) is 0 Å². The van der Waals surface area contributed by atoms with E-state index in [9.17, 15) is 9.59 Å². The fraction of sp³-hybridized carbons (Fsp3) is 0.167. The van der Waals surface area contributed by atoms with E-state index in [0.29, 0.717) is 36.4 Å². The van der Waals surface area contributed by atoms with Crippen molar-refractivity contribution in [1.29, 1.82) is 0 Å². The van der Waals surface area contributed by atoms with Crippen molar-refractivity contribution in [2.75, 3.05) is 25.6 Å². The van der Waals surface area contributed by atoms with Crippen LogP contribution in [-0.4, -0.2) is 32.1 Å². The molecule has 0 unspecified atom stereocenters. The molecule has 0 spiro atoms. The molecule has 0 radical (unpaired) electrons. The van der Waals surface area contributed by atoms with Crippen molar-refractivity contribution in [2.24, 2.45) is 0 Å². The lowest BCUT2D eigenvalue weighted by molar-refractivity contribution is 0.0949. The fourth-order valence-electron chi connectivity index (χ4n) is 3.39. The molecule has 2 N–H and O–H groups in total. The number of methoxy groups -OCH3 is 1. The van der Waals surface area contributed by atoms with Crippen LogP contribution in [0.25, 0.3) is 21.7 Å². The van der Waals surface area contributed by atoms with Crippen LogP contribution >= 0.6 is 0 Å². The second-order valence-corrected chi connectivity index (χ2v) is 6.91. The van der Waals surface area contributed by atoms with Gasteiger partial charge in [0, 0.05) is 25.6 Å². The number of nitrogens with one attached hydrogen (secondary N) is 2. The summed E-state index contributed by atoms with van der Waals surface area (Å²) in [4.78, 5) is 25.3. The molecule has 6 nitrogen and oxygen atoms in total. The number of fused-ring (bicyclic) bond motifs is 3. The highest BCUT2D eigenvalue weighted by Crippen LogP contribution is 2.28. The summed E-state index contributed by atoms with van der Waals surface area (Å²) in [5, 5.41) is 8.61. The summed E-state index contributed by atoms with van der Waals surface area (Å²) in [6.07, 6.45) is 0.712. The summed E-state index contributed by atoms with van der Waals surface area (Å²) in [5.74, 6) is -0.468. The molecule has 6 heteroatoms. The highest BCUT2D eigenvalue weighted by Gasteiger charge is 2.17. The summed E-state index contributed by atoms with van der Waals surface area (Å²) in [6, 6.07) is 20.4. The van der Waals surface area contributed by atoms with Gasteiger partial charge < -0.3 is 19.8 Å². The van der Waals surface area contributed by atoms with Crippen molar-refractivity contribution in [1.82, 2.24) is 5.32 Å². The van der Waals surface area contributed by atoms with Crippen molar-refractivity contribution in [3.8, 4) is 0 Å². The van der Waals surface area contributed by atoms with E-state index in [0.717, 1.165) is 16.2 Å². The van der Waals surface area contributed by atoms with E-state index in [1.165, 1.54) is 0 Å². The van der Waals surface area contributed by atoms with Crippen molar-refractivity contribution in [3.05, 3.63) is 78.1 Å². The molecule has 0 saturated heterocycles. The predicted octanol–water partition coefficient (Wildman–Crippen LogP) is 4.60. The van der Waals surface area contributed by atoms with E-state index < -0.39 is 5.91 Å². The Kier molecular flexibility index (Phi) is 5.77. The van der Waals surface area contributed by atoms with E-state index in [-0.39, 0.29) is 11.7 Å². The second kappa shape index (κ2) is 8.80. The number of ether oxygens (including phenoxy) is 1. The maximum atomic E-state index is 12.8. The minimum absolute atomic E-state index is 0.191. The molecule has 0 atom stereocenters. The molecule has 152 valence electrons. The van der Waals surface area contributed by atoms with Gasteiger partial charge in [-0.05, 0) is 41.5 Å². The third-order valence-electron chi connectivity index (χ3n) is 4.88. The fourth-order valence-corrected chi connectivity index (χ4v) is 3.39. The van der Waals surface area contributed by atoms with Gasteiger partial charge in [0.15, 0.2) is 5.76 Å². The van der Waals surface area contributed by atoms with Crippen LogP contribution in [-0.2, 0) is 4.74 Å². The van der Waals surface area contributed by atoms with Gasteiger partial charge in [0.05, 0.1) is 11.3 Å². The Morgan fingerprint density at radius 1 is 0.933 bits per heavy atom. The highest BCUT2D eigenvalue weighted by atomic mass is 16.5. The Labute approximate surface area is 173 Å². The average Bonchev–Trinajstić information content (AvgIpc) is 3.22. The summed E-state index contributed by atoms with van der Waals surface area (Å²) in [7, 11) is 1.62. The first-order valence-electron chi connectivity index (χ1n) is 9.76. The van der Waals surface area contributed by atoms with E-state index in [4.69, 9.17) is 9.15 Å². The molecule has 0 saturated carbocycles. The smallest absolute Gasteiger partial charge is 0.291 e. The number of hydrogen-bond acceptors (Lipinski definition) is 4. The zero-order valence-corrected chi connectivity index (χ0v) is 16.6. The number of amides is 2. The molecule has 1 heterocycles. The van der Waals surface area contributed by atoms with Gasteiger partial charge in [-0.25, -0.2) is 0 Å². The van der Waals surface area contributed by atoms with Crippen LogP contribution in [0.15, 0.2) is 71.1 Å². The molecule has 0 aliphatic rings. The van der Waals surface area contributed by atoms with E-state index in [2.05, 4.69) is 10.6 Å². The Bertz CT molecular complexity index is 1210. The molecule has 4 aromatic rings. The third kappa shape index (κ3) is 4.04. The van der Waals surface area contributed by atoms with Crippen molar-refractivity contribution >= 4 is 39.2 Å². The molecular formula is C24H22N2O4. The molecule has 0 bridgehead atoms. The first-order valence-corrected chi connectivity index (χ1v) is 9.76. The molecule has 2 amide bonds. The van der Waals surface area contributed by atoms with Gasteiger partial charge in [0.1, 0.15) is 5.58 Å². The number of carbonyl (C=O) groups is 2. The first kappa shape index (κ1) is 19.7. The average molecular weight is 402 g/mol. The number of furan rings is 1. The summed E-state index contributed by atoms with van der Waals surface area (Å²) >= 11 is 0. The maximum absolute atomic E-state index is 12.8. The standard InChI is InChI=1S/C24H22N2O4/c1-29-14-6-13-25-23(27)18-9-4-5-10-20(18)26-24(28)22-15-19-17-8-3-2-7-16(17)11-12-21(19)30-22/h2-5,7-12,15H,6,13-14H2,1H3,(H,25,27)(H,26,28). The van der Waals surface area contributed by atoms with Crippen molar-refractivity contribution < 1.29 is 18.7 Å². The predicted molar refractivity (Wildman–Crippen MR) is 117 cm³/mol. The Morgan fingerprint density at radius 3 is 2.60 bits per heavy atom. The normalized spacial score (nSPS) is 11.0. The van der Waals surface area contributed by atoms with Crippen LogP contribution in [0.1, 0.15) is 27.3 Å². The molecule has 0 aliphatic heterocycles. The van der Waals surface area contributed by atoms with Gasteiger partial charge in [0.2, 0.25) is 0 Å². The van der Waals surface area contributed by atoms with Gasteiger partial charge in [-0.3, -0.25) is 9.59 Å². The molecular weight excluding hydrogens is 380 g/mol. The van der Waals surface area contributed by atoms with E-state index in [1.54, 1.807) is 37.4 Å². The van der Waals surface area contributed by atoms with Gasteiger partial charge in [0.25, 0.3) is 11.8 Å². The summed E-state index contributed by atoms with van der Waals surface area (Å²) in [6.45, 7) is 1.06. The zero-order valence-electron chi connectivity index (χ0n) is 16.6. The molecule has 3 aromatic carbocycles. The number of hydrogen-bond donors (Lipinski definition) is 2. The first-order chi connectivity index (χ1) is 14.7. The lowest BCUT2D eigenvalue weighted by atomic mass is 10.1. The van der Waals surface area contributed by atoms with Gasteiger partial charge in [-0.2, -0.15) is 0 Å². The van der Waals surface area contributed by atoms with E-state index >= 15 is 0 Å². The number of rotatable bonds is 7. The van der Waals surface area contributed by atoms with Gasteiger partial charge in [-0.1, -0.05) is 42.5 Å². The highest BCUT2D eigenvalue weighted by molar-refractivity contribution is 6.12. The lowest BCUT2D eigenvalue weighted by Crippen LogP contribution is -2.26. The van der Waals surface area contributed by atoms with E-state index in [1.807, 2.05) is 36.4 Å². The van der Waals surface area contributed by atoms with Crippen LogP contribution in [0.5, 0.6) is 0 Å². The lowest BCUT2D eigenvalue weighted by Gasteiger charge is -2.10. The Morgan fingerprint density at radius 2 is 1.73 bits per heavy atom. The number of benzene rings is 3. The number of carbonyl (C=O) groups excluding carboxylic acids is 2. The van der Waals surface area contributed by atoms with Gasteiger partial charge in [-0.15, -0.1) is 0 Å². The topological polar surface area (TPSA) is 80.6 Å². The molecule has 0 fully saturated rings. The number of para-hydroxylation sites is 1. The van der Waals surface area contributed by atoms with Crippen molar-refractivity contribution in [3.63, 3.8) is 0 Å². The molecule has 0 aliphatic carbocycles. The zero-order chi connectivity index (χ0) is 20.9. The SMILES string of the molecule is COCCCNC(=O)c1ccccc1NC(=O)c1cc2c(ccc3ccccc32)o1. The van der Waals surface area contributed by atoms with Gasteiger partial charge >= 0.3 is 0 Å². The van der Waals surface area contributed by atoms with Crippen LogP contribution < -0.4 is 10.6 Å². The van der Waals surface area contributed by atoms with Crippen LogP contribution in [0.3, 0.4) is 0 Å². The third-order valence-corrected chi connectivity index (χ3v) is 4.88. The van der Waals surface area contributed by atoms with Crippen LogP contribution in [0.4, 0.5) is 5.69 Å². The Balaban J connectivity index is 1.56. The minimum Gasteiger partial charge on any atom is -0.451 e. The maximum Gasteiger partial charge on any atom is 0.291 e. The largest absolute Gasteiger partial charge is 0.451 e. The molecule has 30 heavy (non-hydrogen) atoms. The molecule has 4 rings (SSSR count). The quantitative estimate of drug-likeness (QED) is 0.443. The minimum atomic E-state index is -0.407. The Hall–Kier alpha value is -3.64. The summed E-state index contributed by atoms with van der Waals surface area (Å²) < 4.78 is 10.8. The van der Waals surface area contributed by atoms with Crippen LogP contribution in [0, 0.1) is 0 Å². The monoisotopic (exact) mass is 402 g/mol. The molecule has 1 aromatic heterocycles. The van der Waals surface area contributed by atoms with Crippen molar-refractivity contribution in [2.45, 2.75) is 6.42 Å². The second-order valence-electron chi connectivity index (χ2n) is 6.91.